The quantitative estimate of drug-likeness (QED) is 0.349. The second-order valence-corrected chi connectivity index (χ2v) is 8.43. The maximum atomic E-state index is 13.1. The van der Waals surface area contributed by atoms with Crippen LogP contribution in [0.2, 0.25) is 0 Å². The molecule has 0 aliphatic rings. The number of aryl methyl sites for hydroxylation is 3. The van der Waals surface area contributed by atoms with Crippen LogP contribution in [0.4, 0.5) is 0 Å². The van der Waals surface area contributed by atoms with Crippen LogP contribution in [0.1, 0.15) is 61.4 Å². The number of hydrogen-bond donors (Lipinski definition) is 0. The molecule has 0 saturated carbocycles. The summed E-state index contributed by atoms with van der Waals surface area (Å²) in [6.45, 7) is 5.75. The first-order chi connectivity index (χ1) is 15.1. The predicted molar refractivity (Wildman–Crippen MR) is 128 cm³/mol. The molecule has 0 radical (unpaired) electrons. The van der Waals surface area contributed by atoms with E-state index in [2.05, 4.69) is 56.4 Å². The van der Waals surface area contributed by atoms with Crippen molar-refractivity contribution in [1.29, 1.82) is 0 Å². The third-order valence-electron chi connectivity index (χ3n) is 5.89. The average Bonchev–Trinajstić information content (AvgIpc) is 3.07. The van der Waals surface area contributed by atoms with Gasteiger partial charge in [-0.25, -0.2) is 4.79 Å². The van der Waals surface area contributed by atoms with Gasteiger partial charge in [0.25, 0.3) is 0 Å². The molecule has 0 aliphatic carbocycles. The maximum Gasteiger partial charge on any atom is 0.328 e. The molecule has 0 atom stereocenters. The number of unbranched alkanes of at least 4 members (excludes halogenated alkanes) is 3. The molecule has 1 heterocycles. The normalized spacial score (nSPS) is 11.1. The molecular formula is C27H36N2O2. The topological polar surface area (TPSA) is 36.2 Å². The van der Waals surface area contributed by atoms with E-state index in [4.69, 9.17) is 4.74 Å². The lowest BCUT2D eigenvalue weighted by Crippen LogP contribution is -2.25. The van der Waals surface area contributed by atoms with Crippen LogP contribution in [0.5, 0.6) is 5.75 Å². The predicted octanol–water partition coefficient (Wildman–Crippen LogP) is 5.77. The molecule has 3 aromatic rings. The lowest BCUT2D eigenvalue weighted by atomic mass is 10.1. The second-order valence-electron chi connectivity index (χ2n) is 8.43. The number of benzene rings is 2. The highest BCUT2D eigenvalue weighted by molar-refractivity contribution is 5.27. The van der Waals surface area contributed by atoms with Crippen molar-refractivity contribution in [2.75, 3.05) is 7.11 Å². The molecule has 0 N–H and O–H groups in total. The van der Waals surface area contributed by atoms with Gasteiger partial charge in [0.1, 0.15) is 5.75 Å². The van der Waals surface area contributed by atoms with Crippen LogP contribution >= 0.6 is 0 Å². The van der Waals surface area contributed by atoms with Crippen molar-refractivity contribution >= 4 is 0 Å². The molecule has 1 aromatic heterocycles. The van der Waals surface area contributed by atoms with Gasteiger partial charge in [-0.2, -0.15) is 0 Å². The monoisotopic (exact) mass is 420 g/mol. The minimum Gasteiger partial charge on any atom is -0.497 e. The van der Waals surface area contributed by atoms with Crippen LogP contribution in [-0.4, -0.2) is 16.2 Å². The Kier molecular flexibility index (Phi) is 8.57. The zero-order valence-corrected chi connectivity index (χ0v) is 19.3. The minimum absolute atomic E-state index is 0.122. The first-order valence-electron chi connectivity index (χ1n) is 11.6. The van der Waals surface area contributed by atoms with Gasteiger partial charge in [0, 0.05) is 18.4 Å². The van der Waals surface area contributed by atoms with E-state index in [1.807, 2.05) is 21.3 Å². The molecule has 31 heavy (non-hydrogen) atoms. The SMILES string of the molecule is CCCCCCn1c(CCCc2ccc(OC)cc2)cn(Cc2ccc(C)cc2)c1=O. The standard InChI is InChI=1S/C27H36N2O2/c1-4-5-6-7-19-29-25(10-8-9-23-15-17-26(31-3)18-16-23)21-28(27(29)30)20-24-13-11-22(2)12-14-24/h11-18,21H,4-10,19-20H2,1-3H3. The average molecular weight is 421 g/mol. The Bertz CT molecular complexity index is 982. The summed E-state index contributed by atoms with van der Waals surface area (Å²) in [6.07, 6.45) is 9.69. The third-order valence-corrected chi connectivity index (χ3v) is 5.89. The van der Waals surface area contributed by atoms with Gasteiger partial charge in [-0.3, -0.25) is 9.13 Å². The van der Waals surface area contributed by atoms with Gasteiger partial charge < -0.3 is 4.74 Å². The Morgan fingerprint density at radius 3 is 2.23 bits per heavy atom. The molecule has 3 rings (SSSR count). The first-order valence-corrected chi connectivity index (χ1v) is 11.6. The molecule has 0 fully saturated rings. The number of rotatable bonds is 12. The van der Waals surface area contributed by atoms with Crippen LogP contribution < -0.4 is 10.4 Å². The van der Waals surface area contributed by atoms with Crippen molar-refractivity contribution in [2.24, 2.45) is 0 Å². The van der Waals surface area contributed by atoms with E-state index in [1.54, 1.807) is 7.11 Å². The number of ether oxygens (including phenoxy) is 1. The van der Waals surface area contributed by atoms with Gasteiger partial charge in [0.15, 0.2) is 0 Å². The lowest BCUT2D eigenvalue weighted by Gasteiger charge is -2.08. The van der Waals surface area contributed by atoms with Crippen molar-refractivity contribution in [3.05, 3.63) is 87.6 Å². The zero-order chi connectivity index (χ0) is 22.1. The molecular weight excluding hydrogens is 384 g/mol. The highest BCUT2D eigenvalue weighted by Crippen LogP contribution is 2.15. The Hall–Kier alpha value is -2.75. The van der Waals surface area contributed by atoms with Gasteiger partial charge in [0.05, 0.1) is 13.7 Å². The van der Waals surface area contributed by atoms with Gasteiger partial charge in [-0.05, 0) is 55.9 Å². The van der Waals surface area contributed by atoms with E-state index in [0.29, 0.717) is 6.54 Å². The van der Waals surface area contributed by atoms with Crippen LogP contribution in [-0.2, 0) is 25.9 Å². The Morgan fingerprint density at radius 2 is 1.55 bits per heavy atom. The lowest BCUT2D eigenvalue weighted by molar-refractivity contribution is 0.414. The van der Waals surface area contributed by atoms with Crippen LogP contribution in [0.15, 0.2) is 59.5 Å². The molecule has 0 amide bonds. The molecule has 166 valence electrons. The summed E-state index contributed by atoms with van der Waals surface area (Å²) in [7, 11) is 1.69. The zero-order valence-electron chi connectivity index (χ0n) is 19.3. The Morgan fingerprint density at radius 1 is 0.839 bits per heavy atom. The minimum atomic E-state index is 0.122. The molecule has 0 saturated heterocycles. The molecule has 2 aromatic carbocycles. The summed E-state index contributed by atoms with van der Waals surface area (Å²) in [4.78, 5) is 13.1. The Labute approximate surface area is 186 Å². The number of nitrogens with zero attached hydrogens (tertiary/aromatic N) is 2. The largest absolute Gasteiger partial charge is 0.497 e. The fourth-order valence-electron chi connectivity index (χ4n) is 3.99. The van der Waals surface area contributed by atoms with E-state index < -0.39 is 0 Å². The summed E-state index contributed by atoms with van der Waals surface area (Å²) in [5, 5.41) is 0. The summed E-state index contributed by atoms with van der Waals surface area (Å²) < 4.78 is 9.14. The van der Waals surface area contributed by atoms with Crippen molar-refractivity contribution in [2.45, 2.75) is 71.9 Å². The van der Waals surface area contributed by atoms with E-state index in [-0.39, 0.29) is 5.69 Å². The van der Waals surface area contributed by atoms with Gasteiger partial charge >= 0.3 is 5.69 Å². The Balaban J connectivity index is 1.70. The summed E-state index contributed by atoms with van der Waals surface area (Å²) in [5.41, 5.74) is 4.99. The number of methoxy groups -OCH3 is 1. The smallest absolute Gasteiger partial charge is 0.328 e. The van der Waals surface area contributed by atoms with Crippen LogP contribution in [0.3, 0.4) is 0 Å². The van der Waals surface area contributed by atoms with Crippen LogP contribution in [0.25, 0.3) is 0 Å². The third kappa shape index (κ3) is 6.61. The highest BCUT2D eigenvalue weighted by atomic mass is 16.5. The number of imidazole rings is 1. The van der Waals surface area contributed by atoms with Gasteiger partial charge in [-0.1, -0.05) is 68.1 Å². The molecule has 4 heteroatoms. The number of aromatic nitrogens is 2. The molecule has 4 nitrogen and oxygen atoms in total. The summed E-state index contributed by atoms with van der Waals surface area (Å²) >= 11 is 0. The molecule has 0 spiro atoms. The number of hydrogen-bond acceptors (Lipinski definition) is 2. The highest BCUT2D eigenvalue weighted by Gasteiger charge is 2.12. The molecule has 0 unspecified atom stereocenters. The first kappa shape index (κ1) is 22.9. The van der Waals surface area contributed by atoms with Gasteiger partial charge in [0.2, 0.25) is 0 Å². The van der Waals surface area contributed by atoms with Crippen molar-refractivity contribution < 1.29 is 4.74 Å². The summed E-state index contributed by atoms with van der Waals surface area (Å²) in [5.74, 6) is 0.887. The van der Waals surface area contributed by atoms with E-state index in [0.717, 1.165) is 43.7 Å². The van der Waals surface area contributed by atoms with E-state index in [9.17, 15) is 4.79 Å². The fraction of sp³-hybridized carbons (Fsp3) is 0.444. The summed E-state index contributed by atoms with van der Waals surface area (Å²) in [6, 6.07) is 16.7. The second kappa shape index (κ2) is 11.6. The maximum absolute atomic E-state index is 13.1. The fourth-order valence-corrected chi connectivity index (χ4v) is 3.99. The van der Waals surface area contributed by atoms with E-state index >= 15 is 0 Å². The van der Waals surface area contributed by atoms with Crippen molar-refractivity contribution in [3.8, 4) is 5.75 Å². The van der Waals surface area contributed by atoms with Gasteiger partial charge in [-0.15, -0.1) is 0 Å². The van der Waals surface area contributed by atoms with Crippen molar-refractivity contribution in [1.82, 2.24) is 9.13 Å². The molecule has 0 aliphatic heterocycles. The molecule has 0 bridgehead atoms. The van der Waals surface area contributed by atoms with E-state index in [1.165, 1.54) is 36.0 Å². The van der Waals surface area contributed by atoms with Crippen molar-refractivity contribution in [3.63, 3.8) is 0 Å². The van der Waals surface area contributed by atoms with Crippen LogP contribution in [0, 0.1) is 6.92 Å².